The molecule has 0 aliphatic heterocycles. The predicted octanol–water partition coefficient (Wildman–Crippen LogP) is 1.27. The van der Waals surface area contributed by atoms with Gasteiger partial charge in [-0.1, -0.05) is 12.1 Å². The number of hydrogen-bond donors (Lipinski definition) is 2. The number of methoxy groups -OCH3 is 1. The quantitative estimate of drug-likeness (QED) is 0.663. The van der Waals surface area contributed by atoms with Crippen molar-refractivity contribution in [2.75, 3.05) is 38.0 Å². The van der Waals surface area contributed by atoms with Crippen molar-refractivity contribution in [2.24, 2.45) is 0 Å². The van der Waals surface area contributed by atoms with Crippen LogP contribution in [0.3, 0.4) is 0 Å². The van der Waals surface area contributed by atoms with Gasteiger partial charge in [0.05, 0.1) is 25.6 Å². The first kappa shape index (κ1) is 18.3. The van der Waals surface area contributed by atoms with Crippen molar-refractivity contribution in [3.63, 3.8) is 0 Å². The minimum atomic E-state index is -3.81. The van der Waals surface area contributed by atoms with Gasteiger partial charge in [0.2, 0.25) is 10.0 Å². The van der Waals surface area contributed by atoms with E-state index in [-0.39, 0.29) is 19.0 Å². The number of carbonyl (C=O) groups is 1. The van der Waals surface area contributed by atoms with Gasteiger partial charge in [-0.15, -0.1) is 0 Å². The highest BCUT2D eigenvalue weighted by molar-refractivity contribution is 7.90. The highest BCUT2D eigenvalue weighted by Gasteiger charge is 2.14. The van der Waals surface area contributed by atoms with Crippen LogP contribution in [0.2, 0.25) is 0 Å². The summed E-state index contributed by atoms with van der Waals surface area (Å²) in [6.45, 7) is -0.0926. The Kier molecular flexibility index (Phi) is 7.78. The van der Waals surface area contributed by atoms with Gasteiger partial charge in [-0.05, 0) is 17.7 Å². The number of rotatable bonds is 9. The molecular weight excluding hydrogens is 315 g/mol. The normalized spacial score (nSPS) is 11.2. The van der Waals surface area contributed by atoms with E-state index in [1.807, 2.05) is 4.72 Å². The van der Waals surface area contributed by atoms with Gasteiger partial charge in [0.25, 0.3) is 0 Å². The van der Waals surface area contributed by atoms with Crippen LogP contribution in [0, 0.1) is 0 Å². The van der Waals surface area contributed by atoms with Crippen LogP contribution in [-0.4, -0.2) is 47.1 Å². The lowest BCUT2D eigenvalue weighted by atomic mass is 10.2. The molecule has 124 valence electrons. The molecule has 0 aliphatic carbocycles. The number of amides is 2. The summed E-state index contributed by atoms with van der Waals surface area (Å²) in [5, 5.41) is 2.33. The molecule has 0 saturated heterocycles. The van der Waals surface area contributed by atoms with Gasteiger partial charge in [-0.25, -0.2) is 22.3 Å². The van der Waals surface area contributed by atoms with E-state index in [1.165, 1.54) is 19.2 Å². The second-order valence-corrected chi connectivity index (χ2v) is 6.16. The third-order valence-corrected chi connectivity index (χ3v) is 3.72. The Morgan fingerprint density at radius 3 is 2.73 bits per heavy atom. The van der Waals surface area contributed by atoms with Gasteiger partial charge in [0.1, 0.15) is 6.67 Å². The van der Waals surface area contributed by atoms with E-state index >= 15 is 0 Å². The number of nitrogens with one attached hydrogen (secondary N) is 2. The SMILES string of the molecule is COCCOCCS(=O)(=O)NC(=O)Nc1cccc(CF)c1. The standard InChI is InChI=1S/C13H19FN2O5S/c1-20-5-6-21-7-8-22(18,19)16-13(17)15-12-4-2-3-11(9-12)10-14/h2-4,9H,5-8,10H2,1H3,(H2,15,16,17). The predicted molar refractivity (Wildman–Crippen MR) is 79.9 cm³/mol. The fourth-order valence-electron chi connectivity index (χ4n) is 1.49. The maximum absolute atomic E-state index is 12.5. The lowest BCUT2D eigenvalue weighted by Crippen LogP contribution is -2.37. The van der Waals surface area contributed by atoms with E-state index in [4.69, 9.17) is 9.47 Å². The Bertz CT molecular complexity index is 580. The molecule has 1 rings (SSSR count). The molecule has 1 aromatic rings. The molecule has 22 heavy (non-hydrogen) atoms. The van der Waals surface area contributed by atoms with Crippen molar-refractivity contribution in [1.29, 1.82) is 0 Å². The third-order valence-electron chi connectivity index (χ3n) is 2.52. The topological polar surface area (TPSA) is 93.7 Å². The van der Waals surface area contributed by atoms with Gasteiger partial charge in [0.15, 0.2) is 0 Å². The van der Waals surface area contributed by atoms with Crippen molar-refractivity contribution in [3.8, 4) is 0 Å². The van der Waals surface area contributed by atoms with Crippen LogP contribution in [-0.2, 0) is 26.2 Å². The molecule has 7 nitrogen and oxygen atoms in total. The Morgan fingerprint density at radius 1 is 1.27 bits per heavy atom. The molecular formula is C13H19FN2O5S. The highest BCUT2D eigenvalue weighted by atomic mass is 32.2. The van der Waals surface area contributed by atoms with Gasteiger partial charge >= 0.3 is 6.03 Å². The number of anilines is 1. The zero-order chi connectivity index (χ0) is 16.4. The Labute approximate surface area is 128 Å². The first-order valence-corrected chi connectivity index (χ1v) is 8.15. The minimum Gasteiger partial charge on any atom is -0.382 e. The van der Waals surface area contributed by atoms with Crippen molar-refractivity contribution in [1.82, 2.24) is 4.72 Å². The summed E-state index contributed by atoms with van der Waals surface area (Å²) in [5.41, 5.74) is 0.686. The lowest BCUT2D eigenvalue weighted by Gasteiger charge is -2.09. The minimum absolute atomic E-state index is 0.0523. The van der Waals surface area contributed by atoms with E-state index in [0.717, 1.165) is 0 Å². The van der Waals surface area contributed by atoms with E-state index in [2.05, 4.69) is 5.32 Å². The second kappa shape index (κ2) is 9.34. The smallest absolute Gasteiger partial charge is 0.332 e. The zero-order valence-corrected chi connectivity index (χ0v) is 13.0. The number of benzene rings is 1. The summed E-state index contributed by atoms with van der Waals surface area (Å²) in [5.74, 6) is -0.353. The van der Waals surface area contributed by atoms with Gasteiger partial charge < -0.3 is 14.8 Å². The fraction of sp³-hybridized carbons (Fsp3) is 0.462. The monoisotopic (exact) mass is 334 g/mol. The van der Waals surface area contributed by atoms with Crippen molar-refractivity contribution in [2.45, 2.75) is 6.67 Å². The largest absolute Gasteiger partial charge is 0.382 e. The average molecular weight is 334 g/mol. The molecule has 0 bridgehead atoms. The second-order valence-electron chi connectivity index (χ2n) is 4.31. The number of alkyl halides is 1. The maximum Gasteiger partial charge on any atom is 0.332 e. The zero-order valence-electron chi connectivity index (χ0n) is 12.2. The Balaban J connectivity index is 2.42. The van der Waals surface area contributed by atoms with Crippen LogP contribution in [0.5, 0.6) is 0 Å². The number of urea groups is 1. The molecule has 0 aromatic heterocycles. The molecule has 0 heterocycles. The molecule has 9 heteroatoms. The van der Waals surface area contributed by atoms with E-state index in [1.54, 1.807) is 12.1 Å². The molecule has 0 radical (unpaired) electrons. The Hall–Kier alpha value is -1.71. The summed E-state index contributed by atoms with van der Waals surface area (Å²) >= 11 is 0. The van der Waals surface area contributed by atoms with Crippen LogP contribution in [0.25, 0.3) is 0 Å². The Morgan fingerprint density at radius 2 is 2.05 bits per heavy atom. The first-order valence-electron chi connectivity index (χ1n) is 6.50. The van der Waals surface area contributed by atoms with E-state index in [0.29, 0.717) is 17.9 Å². The summed E-state index contributed by atoms with van der Waals surface area (Å²) in [6, 6.07) is 5.15. The summed E-state index contributed by atoms with van der Waals surface area (Å²) < 4.78 is 47.4. The highest BCUT2D eigenvalue weighted by Crippen LogP contribution is 2.11. The van der Waals surface area contributed by atoms with Gasteiger partial charge in [-0.2, -0.15) is 0 Å². The molecule has 0 fully saturated rings. The van der Waals surface area contributed by atoms with Crippen molar-refractivity contribution < 1.29 is 27.1 Å². The number of carbonyl (C=O) groups excluding carboxylic acids is 1. The average Bonchev–Trinajstić information content (AvgIpc) is 2.46. The van der Waals surface area contributed by atoms with Crippen molar-refractivity contribution in [3.05, 3.63) is 29.8 Å². The van der Waals surface area contributed by atoms with Crippen LogP contribution < -0.4 is 10.0 Å². The van der Waals surface area contributed by atoms with Crippen molar-refractivity contribution >= 4 is 21.7 Å². The number of halogens is 1. The maximum atomic E-state index is 12.5. The fourth-order valence-corrected chi connectivity index (χ4v) is 2.27. The third kappa shape index (κ3) is 7.34. The van der Waals surface area contributed by atoms with E-state index < -0.39 is 22.7 Å². The first-order chi connectivity index (χ1) is 10.5. The molecule has 0 atom stereocenters. The van der Waals surface area contributed by atoms with Crippen LogP contribution in [0.4, 0.5) is 14.9 Å². The number of hydrogen-bond acceptors (Lipinski definition) is 5. The number of ether oxygens (including phenoxy) is 2. The van der Waals surface area contributed by atoms with Gasteiger partial charge in [0, 0.05) is 12.8 Å². The molecule has 0 saturated carbocycles. The molecule has 0 spiro atoms. The van der Waals surface area contributed by atoms with E-state index in [9.17, 15) is 17.6 Å². The molecule has 2 amide bonds. The molecule has 0 aliphatic rings. The van der Waals surface area contributed by atoms with Crippen LogP contribution in [0.15, 0.2) is 24.3 Å². The lowest BCUT2D eigenvalue weighted by molar-refractivity contribution is 0.0784. The van der Waals surface area contributed by atoms with Crippen LogP contribution in [0.1, 0.15) is 5.56 Å². The molecule has 1 aromatic carbocycles. The molecule has 2 N–H and O–H groups in total. The van der Waals surface area contributed by atoms with Gasteiger partial charge in [-0.3, -0.25) is 0 Å². The summed E-state index contributed by atoms with van der Waals surface area (Å²) in [7, 11) is -2.30. The summed E-state index contributed by atoms with van der Waals surface area (Å²) in [6.07, 6.45) is 0. The molecule has 0 unspecified atom stereocenters. The van der Waals surface area contributed by atoms with Crippen LogP contribution >= 0.6 is 0 Å². The number of sulfonamides is 1. The summed E-state index contributed by atoms with van der Waals surface area (Å²) in [4.78, 5) is 11.6.